The molecule has 1 amide bonds. The molecule has 1 fully saturated rings. The number of carbonyl (C=O) groups excluding carboxylic acids is 1. The Morgan fingerprint density at radius 1 is 0.938 bits per heavy atom. The van der Waals surface area contributed by atoms with Gasteiger partial charge < -0.3 is 4.74 Å². The van der Waals surface area contributed by atoms with Crippen molar-refractivity contribution in [2.45, 2.75) is 12.0 Å². The number of carbonyl (C=O) groups is 1. The van der Waals surface area contributed by atoms with Crippen LogP contribution >= 0.6 is 35.0 Å². The molecule has 0 spiro atoms. The van der Waals surface area contributed by atoms with Crippen LogP contribution in [0.15, 0.2) is 84.9 Å². The van der Waals surface area contributed by atoms with Crippen LogP contribution in [0.2, 0.25) is 10.0 Å². The molecule has 0 saturated carbocycles. The van der Waals surface area contributed by atoms with E-state index in [2.05, 4.69) is 24.3 Å². The van der Waals surface area contributed by atoms with Crippen LogP contribution in [0, 0.1) is 0 Å². The molecule has 0 bridgehead atoms. The Kier molecular flexibility index (Phi) is 6.01. The molecule has 5 rings (SSSR count). The molecule has 32 heavy (non-hydrogen) atoms. The predicted molar refractivity (Wildman–Crippen MR) is 134 cm³/mol. The molecular formula is C26H19Cl2NO2S. The summed E-state index contributed by atoms with van der Waals surface area (Å²) in [5.41, 5.74) is 2.88. The summed E-state index contributed by atoms with van der Waals surface area (Å²) >= 11 is 14.2. The van der Waals surface area contributed by atoms with Gasteiger partial charge in [0.25, 0.3) is 0 Å². The second kappa shape index (κ2) is 9.07. The monoisotopic (exact) mass is 479 g/mol. The lowest BCUT2D eigenvalue weighted by Crippen LogP contribution is -2.27. The highest BCUT2D eigenvalue weighted by molar-refractivity contribution is 8.00. The van der Waals surface area contributed by atoms with Crippen molar-refractivity contribution in [2.75, 3.05) is 10.7 Å². The van der Waals surface area contributed by atoms with Gasteiger partial charge in [0.2, 0.25) is 5.91 Å². The van der Waals surface area contributed by atoms with Gasteiger partial charge in [0, 0.05) is 10.7 Å². The molecule has 0 radical (unpaired) electrons. The Hall–Kier alpha value is -2.66. The molecule has 1 heterocycles. The van der Waals surface area contributed by atoms with E-state index in [1.165, 1.54) is 10.8 Å². The second-order valence-corrected chi connectivity index (χ2v) is 9.43. The topological polar surface area (TPSA) is 29.5 Å². The molecule has 0 N–H and O–H groups in total. The lowest BCUT2D eigenvalue weighted by Gasteiger charge is -2.25. The van der Waals surface area contributed by atoms with Crippen molar-refractivity contribution < 1.29 is 9.53 Å². The number of hydrogen-bond donors (Lipinski definition) is 0. The summed E-state index contributed by atoms with van der Waals surface area (Å²) in [5.74, 6) is 1.11. The van der Waals surface area contributed by atoms with Crippen molar-refractivity contribution in [2.24, 2.45) is 0 Å². The zero-order valence-electron chi connectivity index (χ0n) is 17.0. The number of anilines is 1. The molecule has 0 aliphatic carbocycles. The van der Waals surface area contributed by atoms with Crippen LogP contribution in [0.25, 0.3) is 10.8 Å². The van der Waals surface area contributed by atoms with E-state index in [4.69, 9.17) is 27.9 Å². The fraction of sp³-hybridized carbons (Fsp3) is 0.115. The van der Waals surface area contributed by atoms with Crippen molar-refractivity contribution in [3.05, 3.63) is 106 Å². The fourth-order valence-corrected chi connectivity index (χ4v) is 5.45. The maximum absolute atomic E-state index is 12.6. The highest BCUT2D eigenvalue weighted by Crippen LogP contribution is 2.43. The molecule has 160 valence electrons. The van der Waals surface area contributed by atoms with Crippen molar-refractivity contribution in [3.8, 4) is 5.75 Å². The number of amides is 1. The molecule has 4 aromatic carbocycles. The first-order valence-corrected chi connectivity index (χ1v) is 12.0. The largest absolute Gasteiger partial charge is 0.487 e. The van der Waals surface area contributed by atoms with E-state index in [1.54, 1.807) is 28.8 Å². The maximum atomic E-state index is 12.6. The Morgan fingerprint density at radius 2 is 1.72 bits per heavy atom. The van der Waals surface area contributed by atoms with Gasteiger partial charge in [0.15, 0.2) is 0 Å². The Balaban J connectivity index is 1.37. The van der Waals surface area contributed by atoms with Gasteiger partial charge in [-0.05, 0) is 58.3 Å². The van der Waals surface area contributed by atoms with Gasteiger partial charge in [0.05, 0.1) is 10.8 Å². The van der Waals surface area contributed by atoms with Gasteiger partial charge in [0.1, 0.15) is 17.7 Å². The molecule has 0 aromatic heterocycles. The summed E-state index contributed by atoms with van der Waals surface area (Å²) in [5, 5.41) is 3.37. The number of ether oxygens (including phenoxy) is 1. The average molecular weight is 480 g/mol. The van der Waals surface area contributed by atoms with Crippen molar-refractivity contribution in [1.82, 2.24) is 0 Å². The summed E-state index contributed by atoms with van der Waals surface area (Å²) in [4.78, 5) is 14.4. The quantitative estimate of drug-likeness (QED) is 0.296. The lowest BCUT2D eigenvalue weighted by atomic mass is 10.1. The fourth-order valence-electron chi connectivity index (χ4n) is 3.91. The van der Waals surface area contributed by atoms with Crippen LogP contribution in [-0.4, -0.2) is 11.7 Å². The first-order chi connectivity index (χ1) is 15.6. The molecule has 3 nitrogen and oxygen atoms in total. The lowest BCUT2D eigenvalue weighted by molar-refractivity contribution is -0.115. The Morgan fingerprint density at radius 3 is 2.53 bits per heavy atom. The third kappa shape index (κ3) is 4.18. The molecule has 1 aliphatic heterocycles. The molecule has 4 aromatic rings. The van der Waals surface area contributed by atoms with Crippen LogP contribution in [0.1, 0.15) is 16.5 Å². The number of rotatable bonds is 5. The number of hydrogen-bond acceptors (Lipinski definition) is 3. The standard InChI is InChI=1S/C26H19Cl2NO2S/c27-20-9-11-21(12-10-20)29-25(30)16-32-26(29)18-8-13-24(23(28)14-18)31-15-19-6-3-5-17-4-1-2-7-22(17)19/h1-14,26H,15-16H2/t26-/m0/s1. The molecule has 1 aliphatic rings. The summed E-state index contributed by atoms with van der Waals surface area (Å²) in [7, 11) is 0. The number of nitrogens with zero attached hydrogens (tertiary/aromatic N) is 1. The van der Waals surface area contributed by atoms with E-state index in [0.717, 1.165) is 16.8 Å². The van der Waals surface area contributed by atoms with Crippen LogP contribution in [0.4, 0.5) is 5.69 Å². The predicted octanol–water partition coefficient (Wildman–Crippen LogP) is 7.50. The van der Waals surface area contributed by atoms with E-state index in [9.17, 15) is 4.79 Å². The maximum Gasteiger partial charge on any atom is 0.238 e. The number of fused-ring (bicyclic) bond motifs is 1. The van der Waals surface area contributed by atoms with Crippen molar-refractivity contribution in [1.29, 1.82) is 0 Å². The Bertz CT molecular complexity index is 1290. The van der Waals surface area contributed by atoms with Crippen LogP contribution < -0.4 is 9.64 Å². The minimum Gasteiger partial charge on any atom is -0.487 e. The second-order valence-electron chi connectivity index (χ2n) is 7.52. The first kappa shape index (κ1) is 21.2. The van der Waals surface area contributed by atoms with Crippen molar-refractivity contribution >= 4 is 57.3 Å². The van der Waals surface area contributed by atoms with Crippen LogP contribution in [0.3, 0.4) is 0 Å². The van der Waals surface area contributed by atoms with Crippen molar-refractivity contribution in [3.63, 3.8) is 0 Å². The summed E-state index contributed by atoms with van der Waals surface area (Å²) in [6.45, 7) is 0.425. The Labute approximate surface area is 200 Å². The van der Waals surface area contributed by atoms with Crippen LogP contribution in [0.5, 0.6) is 5.75 Å². The van der Waals surface area contributed by atoms with Gasteiger partial charge >= 0.3 is 0 Å². The highest BCUT2D eigenvalue weighted by atomic mass is 35.5. The molecular weight excluding hydrogens is 461 g/mol. The normalized spacial score (nSPS) is 16.0. The van der Waals surface area contributed by atoms with Gasteiger partial charge in [-0.15, -0.1) is 11.8 Å². The van der Waals surface area contributed by atoms with Gasteiger partial charge in [-0.25, -0.2) is 0 Å². The van der Waals surface area contributed by atoms with Crippen LogP contribution in [-0.2, 0) is 11.4 Å². The SMILES string of the molecule is O=C1CS[C@@H](c2ccc(OCc3cccc4ccccc34)c(Cl)c2)N1c1ccc(Cl)cc1. The first-order valence-electron chi connectivity index (χ1n) is 10.2. The zero-order chi connectivity index (χ0) is 22.1. The molecule has 1 atom stereocenters. The number of halogens is 2. The summed E-state index contributed by atoms with van der Waals surface area (Å²) < 4.78 is 6.06. The zero-order valence-corrected chi connectivity index (χ0v) is 19.3. The van der Waals surface area contributed by atoms with E-state index in [0.29, 0.717) is 28.2 Å². The minimum atomic E-state index is -0.145. The molecule has 0 unspecified atom stereocenters. The molecule has 1 saturated heterocycles. The number of thioether (sulfide) groups is 1. The average Bonchev–Trinajstić information content (AvgIpc) is 3.20. The van der Waals surface area contributed by atoms with Gasteiger partial charge in [-0.1, -0.05) is 71.7 Å². The van der Waals surface area contributed by atoms with Gasteiger partial charge in [-0.3, -0.25) is 9.69 Å². The number of benzene rings is 4. The van der Waals surface area contributed by atoms with E-state index in [1.807, 2.05) is 48.5 Å². The van der Waals surface area contributed by atoms with Gasteiger partial charge in [-0.2, -0.15) is 0 Å². The molecule has 6 heteroatoms. The highest BCUT2D eigenvalue weighted by Gasteiger charge is 2.34. The van der Waals surface area contributed by atoms with E-state index >= 15 is 0 Å². The third-order valence-corrected chi connectivity index (χ3v) is 7.24. The third-order valence-electron chi connectivity index (χ3n) is 5.48. The minimum absolute atomic E-state index is 0.0646. The summed E-state index contributed by atoms with van der Waals surface area (Å²) in [6, 6.07) is 27.5. The summed E-state index contributed by atoms with van der Waals surface area (Å²) in [6.07, 6.45) is 0. The van der Waals surface area contributed by atoms with E-state index in [-0.39, 0.29) is 11.3 Å². The van der Waals surface area contributed by atoms with E-state index < -0.39 is 0 Å². The smallest absolute Gasteiger partial charge is 0.238 e.